The normalized spacial score (nSPS) is 10.2. The Bertz CT molecular complexity index is 366. The topological polar surface area (TPSA) is 43.1 Å². The van der Waals surface area contributed by atoms with Crippen LogP contribution in [-0.4, -0.2) is 6.29 Å². The van der Waals surface area contributed by atoms with Gasteiger partial charge in [-0.3, -0.25) is 4.79 Å². The van der Waals surface area contributed by atoms with Gasteiger partial charge in [-0.15, -0.1) is 11.6 Å². The third-order valence-electron chi connectivity index (χ3n) is 2.15. The highest BCUT2D eigenvalue weighted by Crippen LogP contribution is 2.25. The van der Waals surface area contributed by atoms with Crippen LogP contribution in [-0.2, 0) is 12.3 Å². The molecular formula is C10H11ClFNO. The van der Waals surface area contributed by atoms with Crippen LogP contribution in [0.5, 0.6) is 0 Å². The van der Waals surface area contributed by atoms with Gasteiger partial charge in [-0.05, 0) is 18.1 Å². The van der Waals surface area contributed by atoms with Crippen molar-refractivity contribution in [1.82, 2.24) is 0 Å². The zero-order chi connectivity index (χ0) is 10.7. The number of carbonyl (C=O) groups excluding carboxylic acids is 1. The van der Waals surface area contributed by atoms with Gasteiger partial charge in [0.15, 0.2) is 6.29 Å². The van der Waals surface area contributed by atoms with Gasteiger partial charge in [-0.25, -0.2) is 4.39 Å². The van der Waals surface area contributed by atoms with Gasteiger partial charge in [-0.2, -0.15) is 0 Å². The van der Waals surface area contributed by atoms with Gasteiger partial charge in [0.1, 0.15) is 5.82 Å². The summed E-state index contributed by atoms with van der Waals surface area (Å²) in [6.07, 6.45) is 1.13. The Morgan fingerprint density at radius 2 is 2.29 bits per heavy atom. The highest BCUT2D eigenvalue weighted by molar-refractivity contribution is 6.17. The Morgan fingerprint density at radius 1 is 1.64 bits per heavy atom. The number of nitrogens with two attached hydrogens (primary N) is 1. The fraction of sp³-hybridized carbons (Fsp3) is 0.300. The van der Waals surface area contributed by atoms with Crippen LogP contribution in [0.2, 0.25) is 0 Å². The van der Waals surface area contributed by atoms with Crippen LogP contribution in [0.15, 0.2) is 6.07 Å². The molecule has 1 aromatic carbocycles. The molecule has 0 saturated carbocycles. The van der Waals surface area contributed by atoms with Gasteiger partial charge in [-0.1, -0.05) is 6.92 Å². The van der Waals surface area contributed by atoms with Crippen LogP contribution in [0.3, 0.4) is 0 Å². The second-order valence-electron chi connectivity index (χ2n) is 2.94. The summed E-state index contributed by atoms with van der Waals surface area (Å²) in [7, 11) is 0. The summed E-state index contributed by atoms with van der Waals surface area (Å²) in [5.41, 5.74) is 6.71. The first-order valence-corrected chi connectivity index (χ1v) is 4.80. The molecule has 0 bridgehead atoms. The van der Waals surface area contributed by atoms with Crippen LogP contribution >= 0.6 is 11.6 Å². The maximum absolute atomic E-state index is 13.6. The molecule has 0 amide bonds. The molecule has 76 valence electrons. The molecule has 0 aliphatic rings. The number of alkyl halides is 1. The summed E-state index contributed by atoms with van der Waals surface area (Å²) in [5, 5.41) is 0. The van der Waals surface area contributed by atoms with E-state index >= 15 is 0 Å². The maximum Gasteiger partial charge on any atom is 0.152 e. The number of nitrogen functional groups attached to an aromatic ring is 1. The molecule has 0 heterocycles. The highest BCUT2D eigenvalue weighted by atomic mass is 35.5. The molecule has 0 atom stereocenters. The van der Waals surface area contributed by atoms with E-state index in [9.17, 15) is 9.18 Å². The van der Waals surface area contributed by atoms with Crippen molar-refractivity contribution < 1.29 is 9.18 Å². The molecule has 4 heteroatoms. The first-order chi connectivity index (χ1) is 6.65. The van der Waals surface area contributed by atoms with Crippen LogP contribution in [0.1, 0.15) is 28.4 Å². The predicted molar refractivity (Wildman–Crippen MR) is 55.1 cm³/mol. The van der Waals surface area contributed by atoms with Crippen molar-refractivity contribution in [3.63, 3.8) is 0 Å². The van der Waals surface area contributed by atoms with E-state index in [1.54, 1.807) is 6.92 Å². The maximum atomic E-state index is 13.6. The standard InChI is InChI=1S/C10H11ClFNO/c1-2-6-3-7(5-14)10(13)8(4-11)9(6)12/h3,5H,2,4,13H2,1H3. The minimum Gasteiger partial charge on any atom is -0.398 e. The molecule has 0 saturated heterocycles. The number of rotatable bonds is 3. The van der Waals surface area contributed by atoms with E-state index in [2.05, 4.69) is 0 Å². The average molecular weight is 216 g/mol. The lowest BCUT2D eigenvalue weighted by Crippen LogP contribution is -2.04. The number of anilines is 1. The van der Waals surface area contributed by atoms with Crippen molar-refractivity contribution in [2.24, 2.45) is 0 Å². The number of carbonyl (C=O) groups is 1. The SMILES string of the molecule is CCc1cc(C=O)c(N)c(CCl)c1F. The largest absolute Gasteiger partial charge is 0.398 e. The molecule has 0 spiro atoms. The number of benzene rings is 1. The zero-order valence-corrected chi connectivity index (χ0v) is 8.57. The molecular weight excluding hydrogens is 205 g/mol. The van der Waals surface area contributed by atoms with Gasteiger partial charge < -0.3 is 5.73 Å². The van der Waals surface area contributed by atoms with E-state index in [1.165, 1.54) is 6.07 Å². The molecule has 1 aromatic rings. The minimum atomic E-state index is -0.398. The van der Waals surface area contributed by atoms with Crippen molar-refractivity contribution in [3.8, 4) is 0 Å². The zero-order valence-electron chi connectivity index (χ0n) is 7.81. The number of hydrogen-bond acceptors (Lipinski definition) is 2. The molecule has 1 rings (SSSR count). The van der Waals surface area contributed by atoms with E-state index in [-0.39, 0.29) is 17.1 Å². The first kappa shape index (κ1) is 11.0. The van der Waals surface area contributed by atoms with Crippen LogP contribution in [0.4, 0.5) is 10.1 Å². The van der Waals surface area contributed by atoms with E-state index < -0.39 is 5.82 Å². The van der Waals surface area contributed by atoms with Crippen LogP contribution in [0.25, 0.3) is 0 Å². The summed E-state index contributed by atoms with van der Waals surface area (Å²) < 4.78 is 13.6. The summed E-state index contributed by atoms with van der Waals surface area (Å²) >= 11 is 5.56. The van der Waals surface area contributed by atoms with Crippen LogP contribution in [0, 0.1) is 5.82 Å². The van der Waals surface area contributed by atoms with Gasteiger partial charge in [0.05, 0.1) is 5.88 Å². The fourth-order valence-electron chi connectivity index (χ4n) is 1.30. The third-order valence-corrected chi connectivity index (χ3v) is 2.42. The molecule has 2 nitrogen and oxygen atoms in total. The van der Waals surface area contributed by atoms with E-state index in [0.717, 1.165) is 0 Å². The Hall–Kier alpha value is -1.09. The molecule has 0 aromatic heterocycles. The lowest BCUT2D eigenvalue weighted by molar-refractivity contribution is 0.112. The Balaban J connectivity index is 3.46. The second kappa shape index (κ2) is 4.42. The average Bonchev–Trinajstić information content (AvgIpc) is 2.19. The Labute approximate surface area is 86.9 Å². The minimum absolute atomic E-state index is 0.0215. The van der Waals surface area contributed by atoms with Crippen LogP contribution < -0.4 is 5.73 Å². The summed E-state index contributed by atoms with van der Waals surface area (Å²) in [6.45, 7) is 1.81. The predicted octanol–water partition coefficient (Wildman–Crippen LogP) is 2.52. The molecule has 0 unspecified atom stereocenters. The van der Waals surface area contributed by atoms with Gasteiger partial charge in [0, 0.05) is 16.8 Å². The third kappa shape index (κ3) is 1.73. The summed E-state index contributed by atoms with van der Waals surface area (Å²) in [5.74, 6) is -0.419. The summed E-state index contributed by atoms with van der Waals surface area (Å²) in [6, 6.07) is 1.47. The van der Waals surface area contributed by atoms with Crippen molar-refractivity contribution in [3.05, 3.63) is 28.6 Å². The number of halogens is 2. The van der Waals surface area contributed by atoms with Crippen molar-refractivity contribution in [2.75, 3.05) is 5.73 Å². The molecule has 0 radical (unpaired) electrons. The molecule has 0 aliphatic carbocycles. The molecule has 0 aliphatic heterocycles. The monoisotopic (exact) mass is 215 g/mol. The first-order valence-electron chi connectivity index (χ1n) is 4.26. The van der Waals surface area contributed by atoms with Crippen molar-refractivity contribution in [1.29, 1.82) is 0 Å². The number of hydrogen-bond donors (Lipinski definition) is 1. The fourth-order valence-corrected chi connectivity index (χ4v) is 1.56. The van der Waals surface area contributed by atoms with Gasteiger partial charge >= 0.3 is 0 Å². The van der Waals surface area contributed by atoms with E-state index in [0.29, 0.717) is 23.8 Å². The molecule has 0 fully saturated rings. The molecule has 14 heavy (non-hydrogen) atoms. The lowest BCUT2D eigenvalue weighted by atomic mass is 10.0. The molecule has 2 N–H and O–H groups in total. The van der Waals surface area contributed by atoms with Crippen molar-refractivity contribution >= 4 is 23.6 Å². The number of aryl methyl sites for hydroxylation is 1. The van der Waals surface area contributed by atoms with Crippen molar-refractivity contribution in [2.45, 2.75) is 19.2 Å². The van der Waals surface area contributed by atoms with Gasteiger partial charge in [0.25, 0.3) is 0 Å². The number of aldehydes is 1. The Kier molecular flexibility index (Phi) is 3.47. The Morgan fingerprint density at radius 3 is 2.71 bits per heavy atom. The second-order valence-corrected chi connectivity index (χ2v) is 3.20. The van der Waals surface area contributed by atoms with E-state index in [4.69, 9.17) is 17.3 Å². The lowest BCUT2D eigenvalue weighted by Gasteiger charge is -2.10. The highest BCUT2D eigenvalue weighted by Gasteiger charge is 2.13. The van der Waals surface area contributed by atoms with E-state index in [1.807, 2.05) is 0 Å². The smallest absolute Gasteiger partial charge is 0.152 e. The summed E-state index contributed by atoms with van der Waals surface area (Å²) in [4.78, 5) is 10.6. The quantitative estimate of drug-likeness (QED) is 0.478. The van der Waals surface area contributed by atoms with Gasteiger partial charge in [0.2, 0.25) is 0 Å².